The SMILES string of the molecule is CN(C)c1ccccc1-c1ccccc1[PH](Cl)(C12CCC(CC1)C2)C12CCC(CC1)C2.[Pd]. The van der Waals surface area contributed by atoms with Crippen LogP contribution in [0.2, 0.25) is 0 Å². The molecule has 4 aliphatic rings. The molecule has 0 unspecified atom stereocenters. The summed E-state index contributed by atoms with van der Waals surface area (Å²) in [7, 11) is 4.34. The largest absolute Gasteiger partial charge is 0 e. The summed E-state index contributed by atoms with van der Waals surface area (Å²) in [6, 6.07) is 18.4. The van der Waals surface area contributed by atoms with E-state index in [1.165, 1.54) is 81.0 Å². The standard InChI is InChI=1S/C28H37ClNP.Pd/c1-30(2)25-9-5-3-7-23(25)24-8-4-6-10-26(24)31(29,27-15-11-21(19-27)12-16-27)28-17-13-22(20-28)14-18-28;/h3-10,21-22,31H,11-20H2,1-2H3;. The molecule has 6 rings (SSSR count). The van der Waals surface area contributed by atoms with E-state index in [1.54, 1.807) is 5.30 Å². The molecule has 0 aromatic heterocycles. The van der Waals surface area contributed by atoms with Crippen molar-refractivity contribution in [3.63, 3.8) is 0 Å². The molecule has 0 amide bonds. The molecule has 4 bridgehead atoms. The molecule has 176 valence electrons. The van der Waals surface area contributed by atoms with Gasteiger partial charge in [0, 0.05) is 20.4 Å². The predicted octanol–water partition coefficient (Wildman–Crippen LogP) is 7.61. The van der Waals surface area contributed by atoms with Crippen molar-refractivity contribution in [1.29, 1.82) is 0 Å². The Kier molecular flexibility index (Phi) is 6.12. The van der Waals surface area contributed by atoms with Crippen LogP contribution in [0.4, 0.5) is 5.69 Å². The molecule has 1 nitrogen and oxygen atoms in total. The van der Waals surface area contributed by atoms with Gasteiger partial charge in [-0.3, -0.25) is 0 Å². The molecule has 0 atom stereocenters. The average Bonchev–Trinajstić information content (AvgIpc) is 3.60. The van der Waals surface area contributed by atoms with Crippen molar-refractivity contribution in [1.82, 2.24) is 0 Å². The first-order chi connectivity index (χ1) is 15.0. The number of benzene rings is 2. The zero-order valence-electron chi connectivity index (χ0n) is 19.5. The molecular weight excluding hydrogens is 523 g/mol. The molecule has 4 aliphatic carbocycles. The van der Waals surface area contributed by atoms with Crippen LogP contribution < -0.4 is 10.2 Å². The van der Waals surface area contributed by atoms with Crippen molar-refractivity contribution in [2.75, 3.05) is 19.0 Å². The van der Waals surface area contributed by atoms with E-state index >= 15 is 0 Å². The second-order valence-electron chi connectivity index (χ2n) is 11.5. The van der Waals surface area contributed by atoms with Gasteiger partial charge >= 0.3 is 194 Å². The van der Waals surface area contributed by atoms with Gasteiger partial charge in [-0.25, -0.2) is 0 Å². The number of hydrogen-bond acceptors (Lipinski definition) is 1. The number of nitrogens with zero attached hydrogens (tertiary/aromatic N) is 1. The summed E-state index contributed by atoms with van der Waals surface area (Å²) in [5.74, 6) is 1.89. The van der Waals surface area contributed by atoms with Gasteiger partial charge in [-0.05, 0) is 0 Å². The molecule has 0 saturated heterocycles. The first-order valence-electron chi connectivity index (χ1n) is 12.5. The third-order valence-electron chi connectivity index (χ3n) is 9.92. The number of para-hydroxylation sites is 1. The molecule has 2 aromatic carbocycles. The maximum absolute atomic E-state index is 8.46. The Balaban J connectivity index is 0.00000216. The van der Waals surface area contributed by atoms with E-state index in [4.69, 9.17) is 11.2 Å². The molecule has 0 N–H and O–H groups in total. The van der Waals surface area contributed by atoms with Gasteiger partial charge in [0.25, 0.3) is 0 Å². The van der Waals surface area contributed by atoms with Crippen LogP contribution in [0.25, 0.3) is 11.1 Å². The van der Waals surface area contributed by atoms with E-state index in [0.29, 0.717) is 10.3 Å². The average molecular weight is 560 g/mol. The molecule has 0 spiro atoms. The van der Waals surface area contributed by atoms with Gasteiger partial charge in [-0.2, -0.15) is 0 Å². The Morgan fingerprint density at radius 2 is 1.22 bits per heavy atom. The Labute approximate surface area is 213 Å². The fraction of sp³-hybridized carbons (Fsp3) is 0.571. The van der Waals surface area contributed by atoms with Crippen LogP contribution in [0.1, 0.15) is 64.2 Å². The molecule has 4 heteroatoms. The molecule has 0 radical (unpaired) electrons. The van der Waals surface area contributed by atoms with Crippen molar-refractivity contribution in [3.05, 3.63) is 48.5 Å². The normalized spacial score (nSPS) is 33.3. The van der Waals surface area contributed by atoms with Crippen LogP contribution in [-0.2, 0) is 20.4 Å². The first-order valence-corrected chi connectivity index (χ1v) is 15.5. The number of anilines is 1. The fourth-order valence-corrected chi connectivity index (χ4v) is 17.0. The number of rotatable bonds is 5. The molecule has 32 heavy (non-hydrogen) atoms. The summed E-state index contributed by atoms with van der Waals surface area (Å²) in [5.41, 5.74) is 4.11. The van der Waals surface area contributed by atoms with E-state index in [0.717, 1.165) is 11.8 Å². The third kappa shape index (κ3) is 3.16. The Morgan fingerprint density at radius 1 is 0.750 bits per heavy atom. The van der Waals surface area contributed by atoms with Crippen molar-refractivity contribution < 1.29 is 20.4 Å². The summed E-state index contributed by atoms with van der Waals surface area (Å²) >= 11 is 8.46. The van der Waals surface area contributed by atoms with Gasteiger partial charge in [0.2, 0.25) is 0 Å². The van der Waals surface area contributed by atoms with E-state index in [9.17, 15) is 0 Å². The zero-order valence-corrected chi connectivity index (χ0v) is 22.8. The summed E-state index contributed by atoms with van der Waals surface area (Å²) in [5, 5.41) is 2.42. The first kappa shape index (κ1) is 23.4. The summed E-state index contributed by atoms with van der Waals surface area (Å²) in [6.45, 7) is -2.31. The quantitative estimate of drug-likeness (QED) is 0.269. The van der Waals surface area contributed by atoms with Gasteiger partial charge in [0.15, 0.2) is 0 Å². The van der Waals surface area contributed by atoms with Gasteiger partial charge in [-0.15, -0.1) is 0 Å². The molecule has 2 aromatic rings. The van der Waals surface area contributed by atoms with Crippen LogP contribution in [-0.4, -0.2) is 24.4 Å². The Morgan fingerprint density at radius 3 is 1.69 bits per heavy atom. The van der Waals surface area contributed by atoms with Gasteiger partial charge in [-0.1, -0.05) is 0 Å². The smallest absolute Gasteiger partial charge is 0 e. The van der Waals surface area contributed by atoms with Crippen molar-refractivity contribution in [2.24, 2.45) is 11.8 Å². The zero-order chi connectivity index (χ0) is 21.3. The molecule has 0 aliphatic heterocycles. The van der Waals surface area contributed by atoms with Crippen LogP contribution >= 0.6 is 17.9 Å². The third-order valence-corrected chi connectivity index (χ3v) is 18.4. The maximum atomic E-state index is 8.46. The second-order valence-corrected chi connectivity index (χ2v) is 17.1. The van der Waals surface area contributed by atoms with Crippen LogP contribution in [0.3, 0.4) is 0 Å². The van der Waals surface area contributed by atoms with Gasteiger partial charge in [0.05, 0.1) is 0 Å². The Hall–Kier alpha value is -0.378. The monoisotopic (exact) mass is 559 g/mol. The minimum absolute atomic E-state index is 0. The van der Waals surface area contributed by atoms with E-state index in [2.05, 4.69) is 67.5 Å². The van der Waals surface area contributed by atoms with Gasteiger partial charge < -0.3 is 0 Å². The topological polar surface area (TPSA) is 3.24 Å². The van der Waals surface area contributed by atoms with E-state index in [1.807, 2.05) is 0 Å². The predicted molar refractivity (Wildman–Crippen MR) is 139 cm³/mol. The molecular formula is C28H37ClNPPd. The van der Waals surface area contributed by atoms with Crippen molar-refractivity contribution >= 4 is 28.8 Å². The van der Waals surface area contributed by atoms with Gasteiger partial charge in [0.1, 0.15) is 0 Å². The summed E-state index contributed by atoms with van der Waals surface area (Å²) in [4.78, 5) is 2.27. The molecule has 4 saturated carbocycles. The maximum Gasteiger partial charge on any atom is 0 e. The number of fused-ring (bicyclic) bond motifs is 4. The van der Waals surface area contributed by atoms with Crippen LogP contribution in [0.5, 0.6) is 0 Å². The summed E-state index contributed by atoms with van der Waals surface area (Å²) in [6.07, 6.45) is 14.1. The van der Waals surface area contributed by atoms with Crippen molar-refractivity contribution in [3.8, 4) is 11.1 Å². The fourth-order valence-electron chi connectivity index (χ4n) is 8.60. The molecule has 4 fully saturated rings. The van der Waals surface area contributed by atoms with Crippen LogP contribution in [0.15, 0.2) is 48.5 Å². The van der Waals surface area contributed by atoms with E-state index < -0.39 is 6.62 Å². The minimum Gasteiger partial charge on any atom is 0 e. The van der Waals surface area contributed by atoms with Crippen molar-refractivity contribution in [2.45, 2.75) is 74.5 Å². The van der Waals surface area contributed by atoms with Crippen LogP contribution in [0, 0.1) is 11.8 Å². The minimum atomic E-state index is -2.31. The Bertz CT molecular complexity index is 958. The van der Waals surface area contributed by atoms with E-state index in [-0.39, 0.29) is 20.4 Å². The second kappa shape index (κ2) is 8.38. The molecule has 0 heterocycles. The summed E-state index contributed by atoms with van der Waals surface area (Å²) < 4.78 is 0. The number of hydrogen-bond donors (Lipinski definition) is 0. The number of halogens is 1.